The number of nitrogens with zero attached hydrogens (tertiary/aromatic N) is 2. The largest absolute Gasteiger partial charge is 0.469 e. The van der Waals surface area contributed by atoms with E-state index in [9.17, 15) is 5.11 Å². The second-order valence-electron chi connectivity index (χ2n) is 5.88. The van der Waals surface area contributed by atoms with E-state index in [1.807, 2.05) is 53.2 Å². The summed E-state index contributed by atoms with van der Waals surface area (Å²) in [5.41, 5.74) is 0.844. The normalized spacial score (nSPS) is 12.7. The van der Waals surface area contributed by atoms with Gasteiger partial charge in [0.05, 0.1) is 6.26 Å². The van der Waals surface area contributed by atoms with Crippen LogP contribution in [0.4, 0.5) is 0 Å². The third kappa shape index (κ3) is 2.86. The molecule has 0 saturated carbocycles. The molecule has 3 aromatic heterocycles. The summed E-state index contributed by atoms with van der Waals surface area (Å²) >= 11 is 0. The lowest BCUT2D eigenvalue weighted by atomic mass is 10.0. The molecule has 0 unspecified atom stereocenters. The number of furan rings is 2. The zero-order chi connectivity index (χ0) is 16.4. The van der Waals surface area contributed by atoms with E-state index in [0.717, 1.165) is 28.3 Å². The molecule has 5 heteroatoms. The van der Waals surface area contributed by atoms with E-state index in [1.54, 1.807) is 12.5 Å². The first-order chi connectivity index (χ1) is 11.8. The van der Waals surface area contributed by atoms with Crippen LogP contribution >= 0.6 is 0 Å². The Balaban J connectivity index is 1.59. The van der Waals surface area contributed by atoms with Crippen LogP contribution in [0.3, 0.4) is 0 Å². The SMILES string of the molecule is OC[C@@H](Cc1ccco1)Cn1ccnc1-c1cc2ccccc2o1. The maximum Gasteiger partial charge on any atom is 0.176 e. The van der Waals surface area contributed by atoms with Crippen LogP contribution in [0, 0.1) is 5.92 Å². The van der Waals surface area contributed by atoms with Crippen LogP contribution in [0.5, 0.6) is 0 Å². The van der Waals surface area contributed by atoms with Crippen molar-refractivity contribution in [3.05, 3.63) is 66.9 Å². The molecular formula is C19H18N2O3. The van der Waals surface area contributed by atoms with Gasteiger partial charge in [0.1, 0.15) is 11.3 Å². The highest BCUT2D eigenvalue weighted by Gasteiger charge is 2.16. The van der Waals surface area contributed by atoms with Gasteiger partial charge in [-0.25, -0.2) is 4.98 Å². The lowest BCUT2D eigenvalue weighted by Gasteiger charge is -2.14. The summed E-state index contributed by atoms with van der Waals surface area (Å²) in [6, 6.07) is 13.7. The van der Waals surface area contributed by atoms with Crippen molar-refractivity contribution in [1.29, 1.82) is 0 Å². The summed E-state index contributed by atoms with van der Waals surface area (Å²) in [6.07, 6.45) is 6.00. The number of aromatic nitrogens is 2. The Morgan fingerprint density at radius 1 is 1.17 bits per heavy atom. The van der Waals surface area contributed by atoms with E-state index in [2.05, 4.69) is 4.98 Å². The monoisotopic (exact) mass is 322 g/mol. The Bertz CT molecular complexity index is 888. The van der Waals surface area contributed by atoms with Crippen molar-refractivity contribution in [1.82, 2.24) is 9.55 Å². The quantitative estimate of drug-likeness (QED) is 0.587. The molecule has 0 aliphatic heterocycles. The third-order valence-corrected chi connectivity index (χ3v) is 4.14. The first-order valence-electron chi connectivity index (χ1n) is 7.97. The molecule has 0 spiro atoms. The molecule has 0 amide bonds. The Kier molecular flexibility index (Phi) is 3.92. The molecule has 4 rings (SSSR count). The summed E-state index contributed by atoms with van der Waals surface area (Å²) in [6.45, 7) is 0.724. The first-order valence-corrected chi connectivity index (χ1v) is 7.97. The lowest BCUT2D eigenvalue weighted by Crippen LogP contribution is -2.17. The van der Waals surface area contributed by atoms with Crippen molar-refractivity contribution in [2.45, 2.75) is 13.0 Å². The van der Waals surface area contributed by atoms with Crippen LogP contribution in [-0.2, 0) is 13.0 Å². The minimum Gasteiger partial charge on any atom is -0.469 e. The van der Waals surface area contributed by atoms with Gasteiger partial charge in [0.2, 0.25) is 0 Å². The van der Waals surface area contributed by atoms with Crippen LogP contribution < -0.4 is 0 Å². The minimum atomic E-state index is 0.0495. The van der Waals surface area contributed by atoms with Crippen molar-refractivity contribution < 1.29 is 13.9 Å². The van der Waals surface area contributed by atoms with Gasteiger partial charge in [-0.2, -0.15) is 0 Å². The highest BCUT2D eigenvalue weighted by molar-refractivity contribution is 5.81. The molecule has 0 aliphatic rings. The van der Waals surface area contributed by atoms with E-state index in [4.69, 9.17) is 8.83 Å². The lowest BCUT2D eigenvalue weighted by molar-refractivity contribution is 0.204. The summed E-state index contributed by atoms with van der Waals surface area (Å²) in [4.78, 5) is 4.43. The van der Waals surface area contributed by atoms with Crippen LogP contribution in [-0.4, -0.2) is 21.3 Å². The molecule has 122 valence electrons. The Morgan fingerprint density at radius 3 is 2.88 bits per heavy atom. The molecule has 3 heterocycles. The smallest absolute Gasteiger partial charge is 0.176 e. The average Bonchev–Trinajstić information content (AvgIpc) is 3.34. The Morgan fingerprint density at radius 2 is 2.08 bits per heavy atom. The van der Waals surface area contributed by atoms with Gasteiger partial charge in [0.25, 0.3) is 0 Å². The van der Waals surface area contributed by atoms with Crippen molar-refractivity contribution >= 4 is 11.0 Å². The fourth-order valence-electron chi connectivity index (χ4n) is 2.95. The molecule has 0 aliphatic carbocycles. The molecule has 0 radical (unpaired) electrons. The summed E-state index contributed by atoms with van der Waals surface area (Å²) in [5.74, 6) is 2.42. The molecule has 0 fully saturated rings. The van der Waals surface area contributed by atoms with Gasteiger partial charge in [-0.1, -0.05) is 18.2 Å². The number of benzene rings is 1. The molecule has 5 nitrogen and oxygen atoms in total. The fourth-order valence-corrected chi connectivity index (χ4v) is 2.95. The number of hydrogen-bond donors (Lipinski definition) is 1. The number of aliphatic hydroxyl groups is 1. The summed E-state index contributed by atoms with van der Waals surface area (Å²) < 4.78 is 13.3. The molecule has 1 atom stereocenters. The summed E-state index contributed by atoms with van der Waals surface area (Å²) in [7, 11) is 0. The Hall–Kier alpha value is -2.79. The van der Waals surface area contributed by atoms with Crippen molar-refractivity contribution in [3.8, 4) is 11.6 Å². The maximum absolute atomic E-state index is 9.70. The van der Waals surface area contributed by atoms with Gasteiger partial charge >= 0.3 is 0 Å². The predicted molar refractivity (Wildman–Crippen MR) is 90.4 cm³/mol. The molecule has 1 aromatic carbocycles. The number of para-hydroxylation sites is 1. The van der Waals surface area contributed by atoms with Gasteiger partial charge < -0.3 is 18.5 Å². The number of fused-ring (bicyclic) bond motifs is 1. The molecule has 1 N–H and O–H groups in total. The molecular weight excluding hydrogens is 304 g/mol. The highest BCUT2D eigenvalue weighted by Crippen LogP contribution is 2.27. The predicted octanol–water partition coefficient (Wildman–Crippen LogP) is 3.74. The van der Waals surface area contributed by atoms with Gasteiger partial charge in [0.15, 0.2) is 11.6 Å². The van der Waals surface area contributed by atoms with Gasteiger partial charge in [-0.15, -0.1) is 0 Å². The number of imidazole rings is 1. The fraction of sp³-hybridized carbons (Fsp3) is 0.211. The van der Waals surface area contributed by atoms with Crippen LogP contribution in [0.1, 0.15) is 5.76 Å². The molecule has 0 saturated heterocycles. The highest BCUT2D eigenvalue weighted by atomic mass is 16.3. The number of hydrogen-bond acceptors (Lipinski definition) is 4. The van der Waals surface area contributed by atoms with Crippen molar-refractivity contribution in [2.24, 2.45) is 5.92 Å². The standard InChI is InChI=1S/C19H18N2O3/c22-13-14(10-16-5-3-9-23-16)12-21-8-7-20-19(21)18-11-15-4-1-2-6-17(15)24-18/h1-9,11,14,22H,10,12-13H2/t14-/m0/s1. The molecule has 24 heavy (non-hydrogen) atoms. The maximum atomic E-state index is 9.70. The van der Waals surface area contributed by atoms with Crippen LogP contribution in [0.25, 0.3) is 22.6 Å². The van der Waals surface area contributed by atoms with Gasteiger partial charge in [-0.05, 0) is 24.3 Å². The average molecular weight is 322 g/mol. The number of aliphatic hydroxyl groups excluding tert-OH is 1. The zero-order valence-corrected chi connectivity index (χ0v) is 13.1. The molecule has 0 bridgehead atoms. The Labute approximate surface area is 139 Å². The number of rotatable bonds is 6. The van der Waals surface area contributed by atoms with Crippen molar-refractivity contribution in [3.63, 3.8) is 0 Å². The van der Waals surface area contributed by atoms with E-state index in [0.29, 0.717) is 13.0 Å². The first kappa shape index (κ1) is 14.8. The van der Waals surface area contributed by atoms with E-state index in [1.165, 1.54) is 0 Å². The zero-order valence-electron chi connectivity index (χ0n) is 13.1. The van der Waals surface area contributed by atoms with E-state index in [-0.39, 0.29) is 12.5 Å². The van der Waals surface area contributed by atoms with Gasteiger partial charge in [0, 0.05) is 43.3 Å². The topological polar surface area (TPSA) is 64.3 Å². The minimum absolute atomic E-state index is 0.0495. The van der Waals surface area contributed by atoms with E-state index >= 15 is 0 Å². The van der Waals surface area contributed by atoms with Gasteiger partial charge in [-0.3, -0.25) is 0 Å². The third-order valence-electron chi connectivity index (χ3n) is 4.14. The second-order valence-corrected chi connectivity index (χ2v) is 5.88. The van der Waals surface area contributed by atoms with Crippen LogP contribution in [0.15, 0.2) is 70.0 Å². The summed E-state index contributed by atoms with van der Waals surface area (Å²) in [5, 5.41) is 10.8. The molecule has 4 aromatic rings. The van der Waals surface area contributed by atoms with Crippen LogP contribution in [0.2, 0.25) is 0 Å². The van der Waals surface area contributed by atoms with Crippen molar-refractivity contribution in [2.75, 3.05) is 6.61 Å². The van der Waals surface area contributed by atoms with E-state index < -0.39 is 0 Å². The second kappa shape index (κ2) is 6.37.